The molecule has 0 spiro atoms. The summed E-state index contributed by atoms with van der Waals surface area (Å²) in [6.45, 7) is 0. The Morgan fingerprint density at radius 1 is 1.47 bits per heavy atom. The van der Waals surface area contributed by atoms with E-state index in [9.17, 15) is 18.5 Å². The van der Waals surface area contributed by atoms with Crippen molar-refractivity contribution >= 4 is 31.5 Å². The van der Waals surface area contributed by atoms with Crippen molar-refractivity contribution in [3.05, 3.63) is 38.3 Å². The van der Waals surface area contributed by atoms with Gasteiger partial charge in [-0.1, -0.05) is 15.9 Å². The number of benzene rings is 1. The minimum atomic E-state index is -3.05. The van der Waals surface area contributed by atoms with Crippen molar-refractivity contribution in [3.63, 3.8) is 0 Å². The highest BCUT2D eigenvalue weighted by molar-refractivity contribution is 9.10. The number of rotatable bonds is 3. The largest absolute Gasteiger partial charge is 0.323 e. The van der Waals surface area contributed by atoms with Gasteiger partial charge in [0.1, 0.15) is 0 Å². The van der Waals surface area contributed by atoms with Gasteiger partial charge in [-0.3, -0.25) is 10.1 Å². The zero-order valence-corrected chi connectivity index (χ0v) is 12.4. The van der Waals surface area contributed by atoms with Gasteiger partial charge in [-0.05, 0) is 24.5 Å². The molecule has 0 amide bonds. The van der Waals surface area contributed by atoms with E-state index in [1.807, 2.05) is 0 Å². The van der Waals surface area contributed by atoms with Gasteiger partial charge in [0.05, 0.1) is 16.4 Å². The second kappa shape index (κ2) is 5.18. The van der Waals surface area contributed by atoms with E-state index in [0.29, 0.717) is 16.5 Å². The van der Waals surface area contributed by atoms with Crippen molar-refractivity contribution in [2.75, 3.05) is 11.5 Å². The Balaban J connectivity index is 2.34. The molecule has 0 aliphatic carbocycles. The van der Waals surface area contributed by atoms with E-state index in [2.05, 4.69) is 15.9 Å². The van der Waals surface area contributed by atoms with Crippen LogP contribution in [0.15, 0.2) is 22.7 Å². The van der Waals surface area contributed by atoms with Gasteiger partial charge < -0.3 is 5.73 Å². The summed E-state index contributed by atoms with van der Waals surface area (Å²) in [5.74, 6) is -0.151. The SMILES string of the molecule is NC(c1ccc(Br)cc1[N+](=O)[O-])C1CCS(=O)(=O)C1. The van der Waals surface area contributed by atoms with E-state index < -0.39 is 20.8 Å². The predicted octanol–water partition coefficient (Wildman–Crippen LogP) is 1.79. The van der Waals surface area contributed by atoms with Crippen LogP contribution >= 0.6 is 15.9 Å². The number of halogens is 1. The van der Waals surface area contributed by atoms with E-state index in [1.165, 1.54) is 6.07 Å². The summed E-state index contributed by atoms with van der Waals surface area (Å²) in [7, 11) is -3.05. The average molecular weight is 349 g/mol. The number of nitro benzene ring substituents is 1. The molecule has 0 saturated carbocycles. The van der Waals surface area contributed by atoms with Gasteiger partial charge in [0.25, 0.3) is 5.69 Å². The lowest BCUT2D eigenvalue weighted by atomic mass is 9.92. The fourth-order valence-electron chi connectivity index (χ4n) is 2.32. The predicted molar refractivity (Wildman–Crippen MR) is 74.5 cm³/mol. The Kier molecular flexibility index (Phi) is 3.93. The fraction of sp³-hybridized carbons (Fsp3) is 0.455. The Hall–Kier alpha value is -0.990. The number of nitrogens with zero attached hydrogens (tertiary/aromatic N) is 1. The number of hydrogen-bond donors (Lipinski definition) is 1. The smallest absolute Gasteiger partial charge is 0.275 e. The van der Waals surface area contributed by atoms with Crippen LogP contribution in [-0.4, -0.2) is 24.8 Å². The first kappa shape index (κ1) is 14.4. The van der Waals surface area contributed by atoms with Crippen LogP contribution in [0.3, 0.4) is 0 Å². The maximum Gasteiger partial charge on any atom is 0.275 e. The lowest BCUT2D eigenvalue weighted by Gasteiger charge is -2.18. The van der Waals surface area contributed by atoms with Crippen LogP contribution in [0.5, 0.6) is 0 Å². The first-order valence-corrected chi connectivity index (χ1v) is 8.31. The second-order valence-electron chi connectivity index (χ2n) is 4.65. The summed E-state index contributed by atoms with van der Waals surface area (Å²) in [6.07, 6.45) is 0.455. The molecule has 104 valence electrons. The van der Waals surface area contributed by atoms with Crippen LogP contribution in [-0.2, 0) is 9.84 Å². The minimum absolute atomic E-state index is 0.00137. The Morgan fingerprint density at radius 3 is 2.68 bits per heavy atom. The molecule has 8 heteroatoms. The quantitative estimate of drug-likeness (QED) is 0.662. The molecule has 2 rings (SSSR count). The molecule has 0 radical (unpaired) electrons. The highest BCUT2D eigenvalue weighted by atomic mass is 79.9. The van der Waals surface area contributed by atoms with E-state index in [-0.39, 0.29) is 23.1 Å². The molecule has 1 heterocycles. The molecule has 0 bridgehead atoms. The zero-order valence-electron chi connectivity index (χ0n) is 9.95. The normalized spacial score (nSPS) is 23.2. The Labute approximate surface area is 119 Å². The first-order valence-electron chi connectivity index (χ1n) is 5.70. The summed E-state index contributed by atoms with van der Waals surface area (Å²) in [5.41, 5.74) is 6.33. The van der Waals surface area contributed by atoms with Crippen molar-refractivity contribution in [1.82, 2.24) is 0 Å². The average Bonchev–Trinajstić information content (AvgIpc) is 2.68. The van der Waals surface area contributed by atoms with Crippen LogP contribution in [0.2, 0.25) is 0 Å². The molecule has 6 nitrogen and oxygen atoms in total. The third kappa shape index (κ3) is 3.13. The molecule has 1 fully saturated rings. The lowest BCUT2D eigenvalue weighted by Crippen LogP contribution is -2.23. The second-order valence-corrected chi connectivity index (χ2v) is 7.79. The summed E-state index contributed by atoms with van der Waals surface area (Å²) < 4.78 is 23.5. The minimum Gasteiger partial charge on any atom is -0.323 e. The number of nitro groups is 1. The molecule has 1 saturated heterocycles. The van der Waals surface area contributed by atoms with Crippen LogP contribution in [0.4, 0.5) is 5.69 Å². The standard InChI is InChI=1S/C11H13BrN2O4S/c12-8-1-2-9(10(5-8)14(15)16)11(13)7-3-4-19(17,18)6-7/h1-2,5,7,11H,3-4,6,13H2. The van der Waals surface area contributed by atoms with Gasteiger partial charge in [0, 0.05) is 22.1 Å². The molecule has 2 N–H and O–H groups in total. The molecular weight excluding hydrogens is 336 g/mol. The highest BCUT2D eigenvalue weighted by Gasteiger charge is 2.35. The monoisotopic (exact) mass is 348 g/mol. The molecule has 1 aliphatic heterocycles. The van der Waals surface area contributed by atoms with E-state index in [1.54, 1.807) is 12.1 Å². The maximum absolute atomic E-state index is 11.5. The van der Waals surface area contributed by atoms with Crippen LogP contribution in [0.25, 0.3) is 0 Å². The van der Waals surface area contributed by atoms with Gasteiger partial charge in [-0.2, -0.15) is 0 Å². The van der Waals surface area contributed by atoms with Crippen molar-refractivity contribution in [3.8, 4) is 0 Å². The van der Waals surface area contributed by atoms with E-state index in [0.717, 1.165) is 0 Å². The highest BCUT2D eigenvalue weighted by Crippen LogP contribution is 2.35. The maximum atomic E-state index is 11.5. The van der Waals surface area contributed by atoms with Gasteiger partial charge in [0.2, 0.25) is 0 Å². The van der Waals surface area contributed by atoms with Crippen molar-refractivity contribution in [2.45, 2.75) is 12.5 Å². The van der Waals surface area contributed by atoms with Crippen molar-refractivity contribution in [2.24, 2.45) is 11.7 Å². The van der Waals surface area contributed by atoms with Crippen LogP contribution in [0.1, 0.15) is 18.0 Å². The van der Waals surface area contributed by atoms with E-state index >= 15 is 0 Å². The topological polar surface area (TPSA) is 103 Å². The van der Waals surface area contributed by atoms with Gasteiger partial charge >= 0.3 is 0 Å². The van der Waals surface area contributed by atoms with Gasteiger partial charge in [-0.25, -0.2) is 8.42 Å². The van der Waals surface area contributed by atoms with Crippen molar-refractivity contribution in [1.29, 1.82) is 0 Å². The number of sulfone groups is 1. The molecule has 19 heavy (non-hydrogen) atoms. The summed E-state index contributed by atoms with van der Waals surface area (Å²) >= 11 is 3.17. The molecule has 2 atom stereocenters. The number of hydrogen-bond acceptors (Lipinski definition) is 5. The van der Waals surface area contributed by atoms with Gasteiger partial charge in [-0.15, -0.1) is 0 Å². The summed E-state index contributed by atoms with van der Waals surface area (Å²) in [6, 6.07) is 4.01. The first-order chi connectivity index (χ1) is 8.80. The van der Waals surface area contributed by atoms with Crippen LogP contribution in [0, 0.1) is 16.0 Å². The fourth-order valence-corrected chi connectivity index (χ4v) is 4.52. The molecular formula is C11H13BrN2O4S. The molecule has 1 aromatic rings. The third-order valence-electron chi connectivity index (χ3n) is 3.32. The Morgan fingerprint density at radius 2 is 2.16 bits per heavy atom. The molecule has 1 aliphatic rings. The lowest BCUT2D eigenvalue weighted by molar-refractivity contribution is -0.385. The van der Waals surface area contributed by atoms with E-state index in [4.69, 9.17) is 5.73 Å². The summed E-state index contributed by atoms with van der Waals surface area (Å²) in [5, 5.41) is 11.0. The van der Waals surface area contributed by atoms with Crippen molar-refractivity contribution < 1.29 is 13.3 Å². The molecule has 1 aromatic carbocycles. The third-order valence-corrected chi connectivity index (χ3v) is 5.61. The zero-order chi connectivity index (χ0) is 14.2. The molecule has 2 unspecified atom stereocenters. The number of nitrogens with two attached hydrogens (primary N) is 1. The van der Waals surface area contributed by atoms with Gasteiger partial charge in [0.15, 0.2) is 9.84 Å². The molecule has 0 aromatic heterocycles. The van der Waals surface area contributed by atoms with Crippen LogP contribution < -0.4 is 5.73 Å². The summed E-state index contributed by atoms with van der Waals surface area (Å²) in [4.78, 5) is 10.5. The Bertz CT molecular complexity index is 617.